The number of benzene rings is 5. The van der Waals surface area contributed by atoms with Crippen LogP contribution in [0.1, 0.15) is 0 Å². The van der Waals surface area contributed by atoms with Gasteiger partial charge in [-0.3, -0.25) is 0 Å². The van der Waals surface area contributed by atoms with Crippen molar-refractivity contribution in [3.8, 4) is 0 Å². The second kappa shape index (κ2) is 10.4. The summed E-state index contributed by atoms with van der Waals surface area (Å²) in [5, 5.41) is 3.04. The van der Waals surface area contributed by atoms with Gasteiger partial charge in [0.25, 0.3) is 0 Å². The van der Waals surface area contributed by atoms with Crippen LogP contribution < -0.4 is 26.8 Å². The Morgan fingerprint density at radius 2 is 0.971 bits per heavy atom. The molecule has 0 aliphatic carbocycles. The molecule has 5 aromatic carbocycles. The summed E-state index contributed by atoms with van der Waals surface area (Å²) in [5.41, 5.74) is 0. The van der Waals surface area contributed by atoms with E-state index in [1.807, 2.05) is 0 Å². The van der Waals surface area contributed by atoms with E-state index in [-0.39, 0.29) is 0 Å². The second-order valence-corrected chi connectivity index (χ2v) is 16.9. The Morgan fingerprint density at radius 1 is 0.471 bits per heavy atom. The maximum atomic E-state index is 2.59. The summed E-state index contributed by atoms with van der Waals surface area (Å²) in [6.07, 6.45) is 0. The standard InChI is InChI=1S/C30H20Se4/c1-4-12-21(13-5-1)31-26-20-27(32-22-14-6-2-7-15-22)29(33-23-16-8-3-9-17-23)30-28(26)24-18-10-11-19-25(24)34-30/h1-20H. The molecule has 4 heteroatoms. The van der Waals surface area contributed by atoms with E-state index in [1.165, 1.54) is 18.8 Å². The van der Waals surface area contributed by atoms with E-state index in [0.29, 0.717) is 59.4 Å². The van der Waals surface area contributed by atoms with Gasteiger partial charge in [0.15, 0.2) is 0 Å². The quantitative estimate of drug-likeness (QED) is 0.234. The molecule has 0 bridgehead atoms. The molecule has 0 spiro atoms. The fourth-order valence-corrected chi connectivity index (χ4v) is 15.2. The third-order valence-electron chi connectivity index (χ3n) is 5.44. The van der Waals surface area contributed by atoms with Crippen molar-refractivity contribution < 1.29 is 0 Å². The average Bonchev–Trinajstić information content (AvgIpc) is 3.28. The number of fused-ring (bicyclic) bond motifs is 3. The molecule has 0 aliphatic rings. The molecule has 1 aromatic heterocycles. The molecular formula is C30H20Se4. The Bertz CT molecular complexity index is 1560. The van der Waals surface area contributed by atoms with Crippen molar-refractivity contribution in [1.29, 1.82) is 0 Å². The zero-order chi connectivity index (χ0) is 22.7. The van der Waals surface area contributed by atoms with E-state index < -0.39 is 0 Å². The third-order valence-corrected chi connectivity index (χ3v) is 16.0. The topological polar surface area (TPSA) is 0 Å². The van der Waals surface area contributed by atoms with Gasteiger partial charge in [0.05, 0.1) is 0 Å². The first-order valence-electron chi connectivity index (χ1n) is 11.0. The van der Waals surface area contributed by atoms with Gasteiger partial charge in [-0.15, -0.1) is 0 Å². The zero-order valence-electron chi connectivity index (χ0n) is 18.2. The summed E-state index contributed by atoms with van der Waals surface area (Å²) in [7, 11) is 0. The summed E-state index contributed by atoms with van der Waals surface area (Å²) < 4.78 is 12.4. The third kappa shape index (κ3) is 4.80. The van der Waals surface area contributed by atoms with Crippen LogP contribution in [0.2, 0.25) is 0 Å². The summed E-state index contributed by atoms with van der Waals surface area (Å²) in [6, 6.07) is 45.0. The fraction of sp³-hybridized carbons (Fsp3) is 0. The van der Waals surface area contributed by atoms with Crippen LogP contribution in [-0.4, -0.2) is 59.4 Å². The molecular weight excluding hydrogens is 676 g/mol. The Labute approximate surface area is 225 Å². The van der Waals surface area contributed by atoms with Gasteiger partial charge in [-0.2, -0.15) is 0 Å². The first-order valence-corrected chi connectivity index (χ1v) is 17.9. The van der Waals surface area contributed by atoms with Crippen molar-refractivity contribution in [3.63, 3.8) is 0 Å². The van der Waals surface area contributed by atoms with Gasteiger partial charge < -0.3 is 0 Å². The molecule has 0 unspecified atom stereocenters. The maximum absolute atomic E-state index is 2.59. The van der Waals surface area contributed by atoms with Crippen LogP contribution >= 0.6 is 0 Å². The number of hydrogen-bond acceptors (Lipinski definition) is 0. The van der Waals surface area contributed by atoms with E-state index >= 15 is 0 Å². The number of rotatable bonds is 6. The molecule has 1 heterocycles. The molecule has 0 radical (unpaired) electrons. The van der Waals surface area contributed by atoms with Gasteiger partial charge in [0.1, 0.15) is 0 Å². The van der Waals surface area contributed by atoms with Gasteiger partial charge in [-0.25, -0.2) is 0 Å². The Hall–Kier alpha value is -1.82. The van der Waals surface area contributed by atoms with Gasteiger partial charge >= 0.3 is 227 Å². The summed E-state index contributed by atoms with van der Waals surface area (Å²) in [6.45, 7) is 0. The van der Waals surface area contributed by atoms with Crippen molar-refractivity contribution in [1.82, 2.24) is 0 Å². The van der Waals surface area contributed by atoms with Crippen molar-refractivity contribution in [3.05, 3.63) is 121 Å². The van der Waals surface area contributed by atoms with Gasteiger partial charge in [-0.05, 0) is 0 Å². The van der Waals surface area contributed by atoms with E-state index in [9.17, 15) is 0 Å². The molecule has 0 amide bonds. The SMILES string of the molecule is c1ccc([Se]c2cc([Se]c3ccccc3)c3c([se]c4ccccc43)c2[Se]c2ccccc2)cc1. The van der Waals surface area contributed by atoms with Crippen LogP contribution in [0, 0.1) is 0 Å². The minimum atomic E-state index is 0.290. The van der Waals surface area contributed by atoms with E-state index in [2.05, 4.69) is 121 Å². The van der Waals surface area contributed by atoms with E-state index in [4.69, 9.17) is 0 Å². The Kier molecular flexibility index (Phi) is 6.94. The summed E-state index contributed by atoms with van der Waals surface area (Å²) in [5.74, 6) is 0. The van der Waals surface area contributed by atoms with E-state index in [0.717, 1.165) is 0 Å². The van der Waals surface area contributed by atoms with Crippen LogP contribution in [0.3, 0.4) is 0 Å². The van der Waals surface area contributed by atoms with Crippen LogP contribution in [-0.2, 0) is 0 Å². The first-order chi connectivity index (χ1) is 16.8. The van der Waals surface area contributed by atoms with Crippen LogP contribution in [0.5, 0.6) is 0 Å². The molecule has 0 N–H and O–H groups in total. The fourth-order valence-electron chi connectivity index (χ4n) is 3.91. The van der Waals surface area contributed by atoms with Crippen molar-refractivity contribution in [2.45, 2.75) is 0 Å². The van der Waals surface area contributed by atoms with Crippen molar-refractivity contribution >= 4 is 105 Å². The Balaban J connectivity index is 1.60. The van der Waals surface area contributed by atoms with Crippen LogP contribution in [0.4, 0.5) is 0 Å². The van der Waals surface area contributed by atoms with Crippen LogP contribution in [0.15, 0.2) is 121 Å². The molecule has 0 atom stereocenters. The monoisotopic (exact) mass is 700 g/mol. The number of hydrogen-bond donors (Lipinski definition) is 0. The summed E-state index contributed by atoms with van der Waals surface area (Å²) >= 11 is 1.26. The molecule has 0 fully saturated rings. The molecule has 164 valence electrons. The van der Waals surface area contributed by atoms with Gasteiger partial charge in [-0.1, -0.05) is 0 Å². The van der Waals surface area contributed by atoms with Crippen molar-refractivity contribution in [2.24, 2.45) is 0 Å². The van der Waals surface area contributed by atoms with Gasteiger partial charge in [0, 0.05) is 0 Å². The first kappa shape index (κ1) is 22.6. The average molecular weight is 696 g/mol. The molecule has 0 aliphatic heterocycles. The van der Waals surface area contributed by atoms with Crippen molar-refractivity contribution in [2.75, 3.05) is 0 Å². The summed E-state index contributed by atoms with van der Waals surface area (Å²) in [4.78, 5) is 0. The van der Waals surface area contributed by atoms with Crippen LogP contribution in [0.25, 0.3) is 19.3 Å². The molecule has 0 saturated heterocycles. The predicted molar refractivity (Wildman–Crippen MR) is 153 cm³/mol. The zero-order valence-corrected chi connectivity index (χ0v) is 25.0. The molecule has 0 nitrogen and oxygen atoms in total. The van der Waals surface area contributed by atoms with E-state index in [1.54, 1.807) is 27.3 Å². The predicted octanol–water partition coefficient (Wildman–Crippen LogP) is 2.01. The molecule has 0 saturated carbocycles. The van der Waals surface area contributed by atoms with Gasteiger partial charge in [0.2, 0.25) is 0 Å². The second-order valence-electron chi connectivity index (χ2n) is 7.75. The molecule has 34 heavy (non-hydrogen) atoms. The molecule has 6 rings (SSSR count). The minimum absolute atomic E-state index is 0.290. The molecule has 6 aromatic rings. The normalized spacial score (nSPS) is 11.3. The Morgan fingerprint density at radius 3 is 1.59 bits per heavy atom.